The Bertz CT molecular complexity index is 71.6. The minimum atomic E-state index is -0.619. The summed E-state index contributed by atoms with van der Waals surface area (Å²) < 4.78 is 14.3. The monoisotopic (exact) mass is 168 g/mol. The van der Waals surface area contributed by atoms with Crippen molar-refractivity contribution in [1.82, 2.24) is 4.90 Å². The van der Waals surface area contributed by atoms with E-state index >= 15 is 0 Å². The molecule has 55 valence electrons. The van der Waals surface area contributed by atoms with Gasteiger partial charge in [0.25, 0.3) is 0 Å². The Balaban J connectivity index is 0. The first kappa shape index (κ1) is 11.8. The fourth-order valence-electron chi connectivity index (χ4n) is 0.270. The SMILES string of the molecule is CN(C)CCO[Si]=O.Cl. The Kier molecular flexibility index (Phi) is 10.6. The van der Waals surface area contributed by atoms with Gasteiger partial charge in [-0.15, -0.1) is 12.4 Å². The van der Waals surface area contributed by atoms with Crippen LogP contribution in [0.1, 0.15) is 0 Å². The largest absolute Gasteiger partial charge is 0.594 e. The zero-order valence-corrected chi connectivity index (χ0v) is 7.40. The summed E-state index contributed by atoms with van der Waals surface area (Å²) in [4.78, 5) is 1.97. The maximum atomic E-state index is 9.70. The predicted molar refractivity (Wildman–Crippen MR) is 38.2 cm³/mol. The summed E-state index contributed by atoms with van der Waals surface area (Å²) in [5.41, 5.74) is 0. The van der Waals surface area contributed by atoms with Gasteiger partial charge in [-0.3, -0.25) is 0 Å². The lowest BCUT2D eigenvalue weighted by Crippen LogP contribution is -2.17. The van der Waals surface area contributed by atoms with Crippen molar-refractivity contribution in [2.75, 3.05) is 27.2 Å². The zero-order valence-electron chi connectivity index (χ0n) is 5.59. The molecule has 0 saturated heterocycles. The van der Waals surface area contributed by atoms with Crippen LogP contribution in [-0.4, -0.2) is 41.8 Å². The molecule has 0 saturated carbocycles. The molecule has 0 aliphatic carbocycles. The minimum Gasteiger partial charge on any atom is -0.519 e. The van der Waals surface area contributed by atoms with Gasteiger partial charge < -0.3 is 13.8 Å². The molecule has 0 unspecified atom stereocenters. The second kappa shape index (κ2) is 8.07. The van der Waals surface area contributed by atoms with Gasteiger partial charge in [-0.05, 0) is 14.1 Å². The average molecular weight is 169 g/mol. The van der Waals surface area contributed by atoms with Crippen molar-refractivity contribution in [3.63, 3.8) is 0 Å². The lowest BCUT2D eigenvalue weighted by Gasteiger charge is -2.06. The van der Waals surface area contributed by atoms with Crippen LogP contribution in [0.4, 0.5) is 0 Å². The third-order valence-corrected chi connectivity index (χ3v) is 1.02. The van der Waals surface area contributed by atoms with Crippen LogP contribution >= 0.6 is 12.4 Å². The van der Waals surface area contributed by atoms with Crippen molar-refractivity contribution in [1.29, 1.82) is 0 Å². The number of likely N-dealkylation sites (N-methyl/N-ethyl adjacent to an activating group) is 1. The van der Waals surface area contributed by atoms with Crippen molar-refractivity contribution in [3.05, 3.63) is 0 Å². The molecule has 0 aromatic carbocycles. The molecule has 0 N–H and O–H groups in total. The zero-order chi connectivity index (χ0) is 6.41. The van der Waals surface area contributed by atoms with Crippen LogP contribution in [0, 0.1) is 0 Å². The summed E-state index contributed by atoms with van der Waals surface area (Å²) in [6.07, 6.45) is 0. The van der Waals surface area contributed by atoms with E-state index in [4.69, 9.17) is 0 Å². The summed E-state index contributed by atoms with van der Waals surface area (Å²) in [5, 5.41) is 0. The normalized spacial score (nSPS) is 8.33. The Morgan fingerprint density at radius 2 is 2.11 bits per heavy atom. The van der Waals surface area contributed by atoms with Crippen molar-refractivity contribution >= 4 is 22.1 Å². The number of halogens is 1. The van der Waals surface area contributed by atoms with Gasteiger partial charge in [0.1, 0.15) is 0 Å². The summed E-state index contributed by atoms with van der Waals surface area (Å²) in [6.45, 7) is 1.38. The molecule has 9 heavy (non-hydrogen) atoms. The van der Waals surface area contributed by atoms with Crippen molar-refractivity contribution < 1.29 is 8.89 Å². The molecule has 0 spiro atoms. The fraction of sp³-hybridized carbons (Fsp3) is 1.00. The molecule has 0 aromatic heterocycles. The quantitative estimate of drug-likeness (QED) is 0.436. The van der Waals surface area contributed by atoms with Crippen LogP contribution < -0.4 is 0 Å². The Labute approximate surface area is 63.8 Å². The lowest BCUT2D eigenvalue weighted by molar-refractivity contribution is 0.258. The highest BCUT2D eigenvalue weighted by molar-refractivity contribution is 6.06. The molecule has 0 aromatic rings. The van der Waals surface area contributed by atoms with E-state index in [0.717, 1.165) is 6.54 Å². The topological polar surface area (TPSA) is 29.5 Å². The van der Waals surface area contributed by atoms with E-state index < -0.39 is 9.65 Å². The third kappa shape index (κ3) is 11.6. The standard InChI is InChI=1S/C4H10NO2Si.ClH/c1-5(2)3-4-7-8-6;/h3-4H2,1-2H3;1H. The van der Waals surface area contributed by atoms with Gasteiger partial charge in [0.15, 0.2) is 0 Å². The molecular formula is C4H11ClNO2Si. The molecule has 3 nitrogen and oxygen atoms in total. The van der Waals surface area contributed by atoms with Crippen LogP contribution in [0.25, 0.3) is 0 Å². The van der Waals surface area contributed by atoms with Crippen LogP contribution in [0.15, 0.2) is 0 Å². The van der Waals surface area contributed by atoms with E-state index in [1.54, 1.807) is 0 Å². The van der Waals surface area contributed by atoms with Crippen molar-refractivity contribution in [2.45, 2.75) is 0 Å². The first-order valence-electron chi connectivity index (χ1n) is 2.41. The van der Waals surface area contributed by atoms with E-state index in [1.807, 2.05) is 19.0 Å². The second-order valence-electron chi connectivity index (χ2n) is 1.74. The molecule has 0 heterocycles. The summed E-state index contributed by atoms with van der Waals surface area (Å²) >= 11 is 0. The van der Waals surface area contributed by atoms with Gasteiger partial charge >= 0.3 is 9.65 Å². The molecular weight excluding hydrogens is 158 g/mol. The third-order valence-electron chi connectivity index (χ3n) is 0.699. The van der Waals surface area contributed by atoms with Crippen molar-refractivity contribution in [2.24, 2.45) is 0 Å². The molecule has 0 amide bonds. The Hall–Kier alpha value is 0.0669. The number of rotatable bonds is 4. The van der Waals surface area contributed by atoms with Gasteiger partial charge in [-0.2, -0.15) is 0 Å². The molecule has 5 heteroatoms. The summed E-state index contributed by atoms with van der Waals surface area (Å²) in [6, 6.07) is 0. The van der Waals surface area contributed by atoms with Gasteiger partial charge in [0.2, 0.25) is 0 Å². The number of hydrogen-bond acceptors (Lipinski definition) is 3. The minimum absolute atomic E-state index is 0. The van der Waals surface area contributed by atoms with Crippen LogP contribution in [0.3, 0.4) is 0 Å². The predicted octanol–water partition coefficient (Wildman–Crippen LogP) is -0.0489. The Morgan fingerprint density at radius 1 is 1.56 bits per heavy atom. The Morgan fingerprint density at radius 3 is 2.44 bits per heavy atom. The lowest BCUT2D eigenvalue weighted by atomic mass is 10.6. The molecule has 0 atom stereocenters. The molecule has 0 fully saturated rings. The number of nitrogens with zero attached hydrogens (tertiary/aromatic N) is 1. The first-order chi connectivity index (χ1) is 3.77. The van der Waals surface area contributed by atoms with Crippen LogP contribution in [0.5, 0.6) is 0 Å². The number of hydrogen-bond donors (Lipinski definition) is 0. The van der Waals surface area contributed by atoms with Gasteiger partial charge in [-0.25, -0.2) is 0 Å². The molecule has 1 radical (unpaired) electrons. The van der Waals surface area contributed by atoms with Crippen LogP contribution in [0.2, 0.25) is 0 Å². The molecule has 0 rings (SSSR count). The van der Waals surface area contributed by atoms with Crippen molar-refractivity contribution in [3.8, 4) is 0 Å². The highest BCUT2D eigenvalue weighted by Crippen LogP contribution is 1.72. The molecule has 0 aliphatic rings. The molecule has 0 bridgehead atoms. The van der Waals surface area contributed by atoms with Gasteiger partial charge in [-0.1, -0.05) is 0 Å². The molecule has 0 aliphatic heterocycles. The average Bonchev–Trinajstić information content (AvgIpc) is 1.66. The second-order valence-corrected chi connectivity index (χ2v) is 2.19. The maximum Gasteiger partial charge on any atom is 0.594 e. The fourth-order valence-corrected chi connectivity index (χ4v) is 0.445. The van der Waals surface area contributed by atoms with Gasteiger partial charge in [0, 0.05) is 6.54 Å². The summed E-state index contributed by atoms with van der Waals surface area (Å²) in [5.74, 6) is 0. The highest BCUT2D eigenvalue weighted by Gasteiger charge is 1.87. The van der Waals surface area contributed by atoms with E-state index in [1.165, 1.54) is 0 Å². The maximum absolute atomic E-state index is 9.70. The highest BCUT2D eigenvalue weighted by atomic mass is 35.5. The smallest absolute Gasteiger partial charge is 0.519 e. The first-order valence-corrected chi connectivity index (χ1v) is 3.22. The van der Waals surface area contributed by atoms with Crippen LogP contribution in [-0.2, 0) is 8.89 Å². The van der Waals surface area contributed by atoms with Gasteiger partial charge in [0.05, 0.1) is 6.61 Å². The van der Waals surface area contributed by atoms with E-state index in [0.29, 0.717) is 6.61 Å². The van der Waals surface area contributed by atoms with E-state index in [-0.39, 0.29) is 12.4 Å². The summed E-state index contributed by atoms with van der Waals surface area (Å²) in [7, 11) is 3.26. The van der Waals surface area contributed by atoms with E-state index in [9.17, 15) is 4.46 Å². The van der Waals surface area contributed by atoms with E-state index in [2.05, 4.69) is 4.43 Å².